The first-order valence-corrected chi connectivity index (χ1v) is 7.59. The molecule has 0 saturated carbocycles. The van der Waals surface area contributed by atoms with Gasteiger partial charge in [0.15, 0.2) is 0 Å². The van der Waals surface area contributed by atoms with Crippen molar-refractivity contribution < 1.29 is 9.18 Å². The van der Waals surface area contributed by atoms with Crippen LogP contribution in [0.2, 0.25) is 10.0 Å². The highest BCUT2D eigenvalue weighted by molar-refractivity contribution is 6.36. The normalized spacial score (nSPS) is 10.8. The Morgan fingerprint density at radius 2 is 1.92 bits per heavy atom. The summed E-state index contributed by atoms with van der Waals surface area (Å²) in [6, 6.07) is 12.3. The van der Waals surface area contributed by atoms with Crippen molar-refractivity contribution in [2.75, 3.05) is 5.32 Å². The number of hydrogen-bond donors (Lipinski definition) is 2. The van der Waals surface area contributed by atoms with Gasteiger partial charge in [0.05, 0.1) is 10.7 Å². The number of rotatable bonds is 5. The Morgan fingerprint density at radius 3 is 2.54 bits per heavy atom. The Labute approximate surface area is 148 Å². The number of nitriles is 1. The smallest absolute Gasteiger partial charge is 0.267 e. The summed E-state index contributed by atoms with van der Waals surface area (Å²) < 4.78 is 12.8. The SMILES string of the molecule is N#C/C(=C/NCc1ccc(F)cc1)C(=O)Nc1ccc(Cl)cc1Cl. The van der Waals surface area contributed by atoms with Crippen LogP contribution in [0.25, 0.3) is 0 Å². The van der Waals surface area contributed by atoms with Gasteiger partial charge in [-0.1, -0.05) is 35.3 Å². The molecule has 2 N–H and O–H groups in total. The van der Waals surface area contributed by atoms with E-state index >= 15 is 0 Å². The van der Waals surface area contributed by atoms with Crippen LogP contribution < -0.4 is 10.6 Å². The van der Waals surface area contributed by atoms with Gasteiger partial charge in [-0.25, -0.2) is 4.39 Å². The van der Waals surface area contributed by atoms with E-state index in [9.17, 15) is 9.18 Å². The first-order chi connectivity index (χ1) is 11.5. The molecule has 0 aliphatic heterocycles. The molecule has 24 heavy (non-hydrogen) atoms. The molecule has 2 aromatic carbocycles. The quantitative estimate of drug-likeness (QED) is 0.615. The zero-order valence-electron chi connectivity index (χ0n) is 12.3. The fourth-order valence-corrected chi connectivity index (χ4v) is 2.26. The third-order valence-corrected chi connectivity index (χ3v) is 3.56. The molecule has 0 aromatic heterocycles. The highest BCUT2D eigenvalue weighted by atomic mass is 35.5. The lowest BCUT2D eigenvalue weighted by Gasteiger charge is -2.07. The van der Waals surface area contributed by atoms with E-state index < -0.39 is 5.91 Å². The second kappa shape index (κ2) is 8.34. The first kappa shape index (κ1) is 17.8. The van der Waals surface area contributed by atoms with E-state index in [-0.39, 0.29) is 16.4 Å². The van der Waals surface area contributed by atoms with Gasteiger partial charge in [0, 0.05) is 17.8 Å². The fourth-order valence-electron chi connectivity index (χ4n) is 1.80. The summed E-state index contributed by atoms with van der Waals surface area (Å²) in [7, 11) is 0. The minimum Gasteiger partial charge on any atom is -0.386 e. The summed E-state index contributed by atoms with van der Waals surface area (Å²) in [5.74, 6) is -0.931. The topological polar surface area (TPSA) is 64.9 Å². The molecule has 0 saturated heterocycles. The van der Waals surface area contributed by atoms with Crippen molar-refractivity contribution in [1.29, 1.82) is 5.26 Å². The van der Waals surface area contributed by atoms with Gasteiger partial charge in [0.2, 0.25) is 0 Å². The maximum Gasteiger partial charge on any atom is 0.267 e. The van der Waals surface area contributed by atoms with Gasteiger partial charge < -0.3 is 10.6 Å². The van der Waals surface area contributed by atoms with Crippen LogP contribution in [0, 0.1) is 17.1 Å². The lowest BCUT2D eigenvalue weighted by molar-refractivity contribution is -0.112. The second-order valence-electron chi connectivity index (χ2n) is 4.76. The Bertz CT molecular complexity index is 814. The molecule has 4 nitrogen and oxygen atoms in total. The highest BCUT2D eigenvalue weighted by Gasteiger charge is 2.11. The van der Waals surface area contributed by atoms with Gasteiger partial charge in [-0.2, -0.15) is 5.26 Å². The minimum atomic E-state index is -0.603. The maximum atomic E-state index is 12.8. The summed E-state index contributed by atoms with van der Waals surface area (Å²) >= 11 is 11.8. The zero-order chi connectivity index (χ0) is 17.5. The molecule has 0 radical (unpaired) electrons. The van der Waals surface area contributed by atoms with Gasteiger partial charge in [0.1, 0.15) is 17.5 Å². The van der Waals surface area contributed by atoms with Crippen molar-refractivity contribution in [1.82, 2.24) is 5.32 Å². The summed E-state index contributed by atoms with van der Waals surface area (Å²) in [6.07, 6.45) is 1.29. The van der Waals surface area contributed by atoms with Crippen LogP contribution in [0.3, 0.4) is 0 Å². The van der Waals surface area contributed by atoms with E-state index in [1.54, 1.807) is 30.3 Å². The predicted octanol–water partition coefficient (Wildman–Crippen LogP) is 4.27. The van der Waals surface area contributed by atoms with Crippen LogP contribution in [-0.4, -0.2) is 5.91 Å². The van der Waals surface area contributed by atoms with E-state index in [1.807, 2.05) is 0 Å². The summed E-state index contributed by atoms with van der Waals surface area (Å²) in [4.78, 5) is 12.1. The number of amides is 1. The summed E-state index contributed by atoms with van der Waals surface area (Å²) in [5.41, 5.74) is 1.04. The Kier molecular flexibility index (Phi) is 6.19. The largest absolute Gasteiger partial charge is 0.386 e. The van der Waals surface area contributed by atoms with Crippen LogP contribution in [0.1, 0.15) is 5.56 Å². The third-order valence-electron chi connectivity index (χ3n) is 3.01. The Morgan fingerprint density at radius 1 is 1.21 bits per heavy atom. The minimum absolute atomic E-state index is 0.122. The van der Waals surface area contributed by atoms with Gasteiger partial charge in [-0.15, -0.1) is 0 Å². The van der Waals surface area contributed by atoms with Gasteiger partial charge in [-0.3, -0.25) is 4.79 Å². The van der Waals surface area contributed by atoms with E-state index in [1.165, 1.54) is 24.4 Å². The molecule has 0 aliphatic rings. The first-order valence-electron chi connectivity index (χ1n) is 6.84. The number of hydrogen-bond acceptors (Lipinski definition) is 3. The molecule has 2 rings (SSSR count). The monoisotopic (exact) mass is 363 g/mol. The van der Waals surface area contributed by atoms with E-state index in [2.05, 4.69) is 10.6 Å². The molecule has 0 fully saturated rings. The number of halogens is 3. The standard InChI is InChI=1S/C17H12Cl2FN3O/c18-13-3-6-16(15(19)7-13)23-17(24)12(8-21)10-22-9-11-1-4-14(20)5-2-11/h1-7,10,22H,9H2,(H,23,24)/b12-10-. The molecule has 0 atom stereocenters. The number of carbonyl (C=O) groups excluding carboxylic acids is 1. The van der Waals surface area contributed by atoms with Gasteiger partial charge in [0.25, 0.3) is 5.91 Å². The Balaban J connectivity index is 2.00. The second-order valence-corrected chi connectivity index (χ2v) is 5.60. The molecule has 1 amide bonds. The summed E-state index contributed by atoms with van der Waals surface area (Å²) in [5, 5.41) is 15.2. The van der Waals surface area contributed by atoms with Crippen molar-refractivity contribution in [3.8, 4) is 6.07 Å². The number of benzene rings is 2. The molecule has 0 bridgehead atoms. The molecule has 0 spiro atoms. The highest BCUT2D eigenvalue weighted by Crippen LogP contribution is 2.25. The predicted molar refractivity (Wildman–Crippen MR) is 92.0 cm³/mol. The third kappa shape index (κ3) is 4.98. The fraction of sp³-hybridized carbons (Fsp3) is 0.0588. The zero-order valence-corrected chi connectivity index (χ0v) is 13.8. The molecule has 2 aromatic rings. The van der Waals surface area contributed by atoms with Crippen molar-refractivity contribution in [3.05, 3.63) is 75.7 Å². The number of nitrogens with one attached hydrogen (secondary N) is 2. The van der Waals surface area contributed by atoms with Crippen molar-refractivity contribution >= 4 is 34.8 Å². The molecular weight excluding hydrogens is 352 g/mol. The lowest BCUT2D eigenvalue weighted by atomic mass is 10.2. The molecule has 0 heterocycles. The van der Waals surface area contributed by atoms with Crippen molar-refractivity contribution in [3.63, 3.8) is 0 Å². The molecule has 122 valence electrons. The van der Waals surface area contributed by atoms with E-state index in [4.69, 9.17) is 28.5 Å². The van der Waals surface area contributed by atoms with E-state index in [0.717, 1.165) is 5.56 Å². The maximum absolute atomic E-state index is 12.8. The average molecular weight is 364 g/mol. The van der Waals surface area contributed by atoms with Gasteiger partial charge >= 0.3 is 0 Å². The van der Waals surface area contributed by atoms with Crippen molar-refractivity contribution in [2.45, 2.75) is 6.54 Å². The van der Waals surface area contributed by atoms with Crippen molar-refractivity contribution in [2.24, 2.45) is 0 Å². The molecule has 0 aliphatic carbocycles. The van der Waals surface area contributed by atoms with E-state index in [0.29, 0.717) is 17.3 Å². The van der Waals surface area contributed by atoms with Crippen LogP contribution in [-0.2, 0) is 11.3 Å². The Hall–Kier alpha value is -2.55. The van der Waals surface area contributed by atoms with Crippen LogP contribution in [0.15, 0.2) is 54.2 Å². The molecule has 7 heteroatoms. The number of anilines is 1. The summed E-state index contributed by atoms with van der Waals surface area (Å²) in [6.45, 7) is 0.348. The molecular formula is C17H12Cl2FN3O. The van der Waals surface area contributed by atoms with Crippen LogP contribution in [0.5, 0.6) is 0 Å². The number of nitrogens with zero attached hydrogens (tertiary/aromatic N) is 1. The van der Waals surface area contributed by atoms with Crippen LogP contribution in [0.4, 0.5) is 10.1 Å². The molecule has 0 unspecified atom stereocenters. The number of carbonyl (C=O) groups is 1. The van der Waals surface area contributed by atoms with Gasteiger partial charge in [-0.05, 0) is 35.9 Å². The average Bonchev–Trinajstić information content (AvgIpc) is 2.56. The van der Waals surface area contributed by atoms with Crippen LogP contribution >= 0.6 is 23.2 Å². The lowest BCUT2D eigenvalue weighted by Crippen LogP contribution is -2.16.